The van der Waals surface area contributed by atoms with Crippen LogP contribution in [-0.4, -0.2) is 50.4 Å². The number of carbonyl (C=O) groups excluding carboxylic acids is 1. The zero-order chi connectivity index (χ0) is 18.0. The third-order valence-corrected chi connectivity index (χ3v) is 4.11. The molecule has 26 heavy (non-hydrogen) atoms. The van der Waals surface area contributed by atoms with Gasteiger partial charge in [-0.15, -0.1) is 0 Å². The van der Waals surface area contributed by atoms with E-state index in [1.165, 1.54) is 0 Å². The second-order valence-corrected chi connectivity index (χ2v) is 6.13. The van der Waals surface area contributed by atoms with Crippen LogP contribution in [0.15, 0.2) is 54.6 Å². The van der Waals surface area contributed by atoms with Crippen LogP contribution in [0.4, 0.5) is 16.2 Å². The number of hydrogen-bond acceptors (Lipinski definition) is 4. The van der Waals surface area contributed by atoms with E-state index in [1.54, 1.807) is 0 Å². The number of benzene rings is 2. The molecule has 0 saturated carbocycles. The topological polar surface area (TPSA) is 62.8 Å². The molecule has 1 aliphatic heterocycles. The van der Waals surface area contributed by atoms with E-state index < -0.39 is 0 Å². The maximum Gasteiger partial charge on any atom is 0.323 e. The summed E-state index contributed by atoms with van der Waals surface area (Å²) in [4.78, 5) is 14.4. The largest absolute Gasteiger partial charge is 0.493 e. The summed E-state index contributed by atoms with van der Waals surface area (Å²) in [5.41, 5.74) is 1.45. The summed E-state index contributed by atoms with van der Waals surface area (Å²) >= 11 is 0. The quantitative estimate of drug-likeness (QED) is 0.747. The van der Waals surface area contributed by atoms with Crippen LogP contribution in [0.25, 0.3) is 0 Å². The summed E-state index contributed by atoms with van der Waals surface area (Å²) in [6.45, 7) is 5.29. The minimum absolute atomic E-state index is 0.277. The third-order valence-electron chi connectivity index (χ3n) is 4.11. The Balaban J connectivity index is 1.41. The fourth-order valence-corrected chi connectivity index (χ4v) is 2.78. The first kappa shape index (κ1) is 18.2. The van der Waals surface area contributed by atoms with Gasteiger partial charge in [-0.3, -0.25) is 4.90 Å². The van der Waals surface area contributed by atoms with E-state index >= 15 is 0 Å². The van der Waals surface area contributed by atoms with Crippen LogP contribution >= 0.6 is 0 Å². The predicted octanol–water partition coefficient (Wildman–Crippen LogP) is 3.43. The standard InChI is InChI=1S/C20H25N3O3/c24-20(21-17-6-2-1-3-7-17)22-18-8-4-9-19(16-18)26-13-5-10-23-11-14-25-15-12-23/h1-4,6-9,16H,5,10-15H2,(H2,21,22,24). The van der Waals surface area contributed by atoms with Crippen LogP contribution < -0.4 is 15.4 Å². The van der Waals surface area contributed by atoms with Crippen LogP contribution in [0.2, 0.25) is 0 Å². The molecular formula is C20H25N3O3. The monoisotopic (exact) mass is 355 g/mol. The van der Waals surface area contributed by atoms with Gasteiger partial charge in [-0.05, 0) is 30.7 Å². The molecule has 0 aromatic heterocycles. The number of urea groups is 1. The second kappa shape index (κ2) is 9.79. The highest BCUT2D eigenvalue weighted by molar-refractivity contribution is 5.99. The first-order chi connectivity index (χ1) is 12.8. The first-order valence-corrected chi connectivity index (χ1v) is 8.96. The molecule has 0 bridgehead atoms. The minimum Gasteiger partial charge on any atom is -0.493 e. The lowest BCUT2D eigenvalue weighted by atomic mass is 10.3. The molecule has 2 aromatic carbocycles. The molecular weight excluding hydrogens is 330 g/mol. The van der Waals surface area contributed by atoms with Crippen molar-refractivity contribution in [3.05, 3.63) is 54.6 Å². The van der Waals surface area contributed by atoms with Crippen molar-refractivity contribution in [1.82, 2.24) is 4.90 Å². The van der Waals surface area contributed by atoms with E-state index in [0.29, 0.717) is 12.3 Å². The van der Waals surface area contributed by atoms with Gasteiger partial charge in [0.25, 0.3) is 0 Å². The van der Waals surface area contributed by atoms with Crippen molar-refractivity contribution in [2.45, 2.75) is 6.42 Å². The molecule has 6 nitrogen and oxygen atoms in total. The highest BCUT2D eigenvalue weighted by Crippen LogP contribution is 2.18. The van der Waals surface area contributed by atoms with Gasteiger partial charge in [0.2, 0.25) is 0 Å². The van der Waals surface area contributed by atoms with E-state index in [1.807, 2.05) is 54.6 Å². The molecule has 1 heterocycles. The minimum atomic E-state index is -0.277. The molecule has 2 amide bonds. The van der Waals surface area contributed by atoms with Gasteiger partial charge in [0.15, 0.2) is 0 Å². The van der Waals surface area contributed by atoms with Gasteiger partial charge in [-0.1, -0.05) is 24.3 Å². The summed E-state index contributed by atoms with van der Waals surface area (Å²) in [6, 6.07) is 16.5. The Kier molecular flexibility index (Phi) is 6.87. The van der Waals surface area contributed by atoms with Crippen LogP contribution in [0.5, 0.6) is 5.75 Å². The second-order valence-electron chi connectivity index (χ2n) is 6.13. The van der Waals surface area contributed by atoms with Crippen molar-refractivity contribution in [2.75, 3.05) is 50.1 Å². The number of hydrogen-bond donors (Lipinski definition) is 2. The number of rotatable bonds is 7. The van der Waals surface area contributed by atoms with Crippen LogP contribution in [0.3, 0.4) is 0 Å². The van der Waals surface area contributed by atoms with E-state index in [9.17, 15) is 4.79 Å². The number of ether oxygens (including phenoxy) is 2. The highest BCUT2D eigenvalue weighted by atomic mass is 16.5. The number of nitrogens with one attached hydrogen (secondary N) is 2. The van der Waals surface area contributed by atoms with E-state index in [0.717, 1.165) is 50.7 Å². The molecule has 138 valence electrons. The van der Waals surface area contributed by atoms with Crippen molar-refractivity contribution in [2.24, 2.45) is 0 Å². The van der Waals surface area contributed by atoms with Crippen molar-refractivity contribution in [3.63, 3.8) is 0 Å². The number of carbonyl (C=O) groups is 1. The van der Waals surface area contributed by atoms with Gasteiger partial charge < -0.3 is 20.1 Å². The van der Waals surface area contributed by atoms with Crippen LogP contribution in [0, 0.1) is 0 Å². The Morgan fingerprint density at radius 1 is 1.00 bits per heavy atom. The Hall–Kier alpha value is -2.57. The lowest BCUT2D eigenvalue weighted by Gasteiger charge is -2.26. The number of anilines is 2. The predicted molar refractivity (Wildman–Crippen MR) is 103 cm³/mol. The van der Waals surface area contributed by atoms with Crippen molar-refractivity contribution >= 4 is 17.4 Å². The summed E-state index contributed by atoms with van der Waals surface area (Å²) in [6.07, 6.45) is 0.964. The molecule has 0 radical (unpaired) electrons. The molecule has 3 rings (SSSR count). The number of morpholine rings is 1. The molecule has 1 fully saturated rings. The molecule has 6 heteroatoms. The van der Waals surface area contributed by atoms with Crippen LogP contribution in [0.1, 0.15) is 6.42 Å². The smallest absolute Gasteiger partial charge is 0.323 e. The Bertz CT molecular complexity index is 688. The van der Waals surface area contributed by atoms with Gasteiger partial charge in [-0.25, -0.2) is 4.79 Å². The fourth-order valence-electron chi connectivity index (χ4n) is 2.78. The summed E-state index contributed by atoms with van der Waals surface area (Å²) in [5.74, 6) is 0.754. The van der Waals surface area contributed by atoms with E-state index in [4.69, 9.17) is 9.47 Å². The van der Waals surface area contributed by atoms with Gasteiger partial charge in [0.1, 0.15) is 5.75 Å². The Labute approximate surface area is 154 Å². The molecule has 0 spiro atoms. The fraction of sp³-hybridized carbons (Fsp3) is 0.350. The Morgan fingerprint density at radius 2 is 1.73 bits per heavy atom. The summed E-state index contributed by atoms with van der Waals surface area (Å²) < 4.78 is 11.2. The lowest BCUT2D eigenvalue weighted by Crippen LogP contribution is -2.37. The zero-order valence-corrected chi connectivity index (χ0v) is 14.8. The third kappa shape index (κ3) is 6.06. The van der Waals surface area contributed by atoms with Crippen molar-refractivity contribution in [1.29, 1.82) is 0 Å². The number of amides is 2. The average molecular weight is 355 g/mol. The molecule has 1 saturated heterocycles. The zero-order valence-electron chi connectivity index (χ0n) is 14.8. The van der Waals surface area contributed by atoms with Gasteiger partial charge >= 0.3 is 6.03 Å². The molecule has 2 N–H and O–H groups in total. The number of nitrogens with zero attached hydrogens (tertiary/aromatic N) is 1. The van der Waals surface area contributed by atoms with E-state index in [2.05, 4.69) is 15.5 Å². The highest BCUT2D eigenvalue weighted by Gasteiger charge is 2.09. The molecule has 1 aliphatic rings. The first-order valence-electron chi connectivity index (χ1n) is 8.96. The Morgan fingerprint density at radius 3 is 2.54 bits per heavy atom. The van der Waals surface area contributed by atoms with E-state index in [-0.39, 0.29) is 6.03 Å². The summed E-state index contributed by atoms with van der Waals surface area (Å²) in [7, 11) is 0. The average Bonchev–Trinajstić information content (AvgIpc) is 2.67. The lowest BCUT2D eigenvalue weighted by molar-refractivity contribution is 0.0358. The maximum absolute atomic E-state index is 12.0. The normalized spacial score (nSPS) is 14.6. The molecule has 0 atom stereocenters. The van der Waals surface area contributed by atoms with Gasteiger partial charge in [0, 0.05) is 37.1 Å². The SMILES string of the molecule is O=C(Nc1ccccc1)Nc1cccc(OCCCN2CCOCC2)c1. The van der Waals surface area contributed by atoms with Crippen molar-refractivity contribution < 1.29 is 14.3 Å². The maximum atomic E-state index is 12.0. The van der Waals surface area contributed by atoms with Gasteiger partial charge in [0.05, 0.1) is 19.8 Å². The molecule has 0 aliphatic carbocycles. The molecule has 0 unspecified atom stereocenters. The van der Waals surface area contributed by atoms with Crippen LogP contribution in [-0.2, 0) is 4.74 Å². The molecule has 2 aromatic rings. The summed E-state index contributed by atoms with van der Waals surface area (Å²) in [5, 5.41) is 5.61. The van der Waals surface area contributed by atoms with Gasteiger partial charge in [-0.2, -0.15) is 0 Å². The number of para-hydroxylation sites is 1. The van der Waals surface area contributed by atoms with Crippen molar-refractivity contribution in [3.8, 4) is 5.75 Å².